The molecule has 0 bridgehead atoms. The van der Waals surface area contributed by atoms with E-state index in [9.17, 15) is 21.9 Å². The fourth-order valence-corrected chi connectivity index (χ4v) is 4.25. The number of aromatic hydroxyl groups is 1. The SMILES string of the molecule is Cc1cc(Cl)cc(NS(=O)(=O)CCS(C)(=O)=O)c1O. The van der Waals surface area contributed by atoms with Crippen LogP contribution < -0.4 is 4.72 Å². The lowest BCUT2D eigenvalue weighted by Gasteiger charge is -2.11. The molecular weight excluding hydrogens is 314 g/mol. The third kappa shape index (κ3) is 5.25. The van der Waals surface area contributed by atoms with Crippen molar-refractivity contribution in [1.29, 1.82) is 0 Å². The first-order valence-corrected chi connectivity index (χ1v) is 9.26. The highest BCUT2D eigenvalue weighted by atomic mass is 35.5. The summed E-state index contributed by atoms with van der Waals surface area (Å²) in [6.07, 6.45) is 0.948. The molecule has 0 unspecified atom stereocenters. The smallest absolute Gasteiger partial charge is 0.233 e. The summed E-state index contributed by atoms with van der Waals surface area (Å²) in [7, 11) is -7.26. The molecule has 0 amide bonds. The molecule has 0 aromatic heterocycles. The molecule has 0 heterocycles. The summed E-state index contributed by atoms with van der Waals surface area (Å²) in [5.74, 6) is -1.33. The number of hydrogen-bond donors (Lipinski definition) is 2. The molecule has 0 saturated heterocycles. The van der Waals surface area contributed by atoms with Crippen molar-refractivity contribution in [2.45, 2.75) is 6.92 Å². The van der Waals surface area contributed by atoms with Gasteiger partial charge < -0.3 is 5.11 Å². The van der Waals surface area contributed by atoms with Gasteiger partial charge in [-0.25, -0.2) is 16.8 Å². The Labute approximate surface area is 117 Å². The van der Waals surface area contributed by atoms with Gasteiger partial charge in [-0.05, 0) is 24.6 Å². The van der Waals surface area contributed by atoms with Gasteiger partial charge in [0.05, 0.1) is 17.2 Å². The highest BCUT2D eigenvalue weighted by Crippen LogP contribution is 2.31. The minimum absolute atomic E-state index is 0.0708. The number of phenolic OH excluding ortho intramolecular Hbond substituents is 1. The van der Waals surface area contributed by atoms with Gasteiger partial charge in [0.2, 0.25) is 10.0 Å². The first kappa shape index (κ1) is 16.1. The summed E-state index contributed by atoms with van der Waals surface area (Å²) in [5.41, 5.74) is 0.340. The molecule has 0 saturated carbocycles. The van der Waals surface area contributed by atoms with Crippen molar-refractivity contribution in [3.63, 3.8) is 0 Å². The number of benzene rings is 1. The summed E-state index contributed by atoms with van der Waals surface area (Å²) in [6, 6.07) is 2.73. The number of rotatable bonds is 5. The molecule has 2 N–H and O–H groups in total. The van der Waals surface area contributed by atoms with Crippen LogP contribution in [0, 0.1) is 6.92 Å². The highest BCUT2D eigenvalue weighted by Gasteiger charge is 2.17. The van der Waals surface area contributed by atoms with Gasteiger partial charge in [0.15, 0.2) is 0 Å². The number of aryl methyl sites for hydroxylation is 1. The Morgan fingerprint density at radius 2 is 1.79 bits per heavy atom. The molecule has 0 radical (unpaired) electrons. The summed E-state index contributed by atoms with van der Waals surface area (Å²) in [4.78, 5) is 0. The molecule has 1 rings (SSSR count). The monoisotopic (exact) mass is 327 g/mol. The van der Waals surface area contributed by atoms with E-state index in [-0.39, 0.29) is 16.5 Å². The van der Waals surface area contributed by atoms with Gasteiger partial charge in [0.25, 0.3) is 0 Å². The molecule has 0 spiro atoms. The summed E-state index contributed by atoms with van der Waals surface area (Å²) < 4.78 is 47.4. The van der Waals surface area contributed by atoms with Gasteiger partial charge in [0.1, 0.15) is 15.6 Å². The maximum absolute atomic E-state index is 11.7. The van der Waals surface area contributed by atoms with E-state index < -0.39 is 31.4 Å². The highest BCUT2D eigenvalue weighted by molar-refractivity contribution is 7.95. The normalized spacial score (nSPS) is 12.4. The summed E-state index contributed by atoms with van der Waals surface area (Å²) in [6.45, 7) is 1.56. The zero-order valence-electron chi connectivity index (χ0n) is 10.3. The Kier molecular flexibility index (Phi) is 4.70. The minimum Gasteiger partial charge on any atom is -0.505 e. The number of anilines is 1. The van der Waals surface area contributed by atoms with Crippen molar-refractivity contribution in [3.8, 4) is 5.75 Å². The van der Waals surface area contributed by atoms with Crippen LogP contribution in [0.25, 0.3) is 0 Å². The molecule has 108 valence electrons. The van der Waals surface area contributed by atoms with Gasteiger partial charge in [-0.3, -0.25) is 4.72 Å². The van der Waals surface area contributed by atoms with Crippen molar-refractivity contribution in [2.24, 2.45) is 0 Å². The molecule has 19 heavy (non-hydrogen) atoms. The first-order chi connectivity index (χ1) is 8.50. The molecule has 0 aliphatic carbocycles. The van der Waals surface area contributed by atoms with Crippen molar-refractivity contribution < 1.29 is 21.9 Å². The second-order valence-electron chi connectivity index (χ2n) is 4.17. The summed E-state index contributed by atoms with van der Waals surface area (Å²) >= 11 is 5.76. The predicted molar refractivity (Wildman–Crippen MR) is 75.0 cm³/mol. The fourth-order valence-electron chi connectivity index (χ4n) is 1.29. The topological polar surface area (TPSA) is 101 Å². The molecule has 6 nitrogen and oxygen atoms in total. The number of hydrogen-bond acceptors (Lipinski definition) is 5. The number of sulfone groups is 1. The third-order valence-corrected chi connectivity index (χ3v) is 4.95. The Morgan fingerprint density at radius 3 is 2.32 bits per heavy atom. The van der Waals surface area contributed by atoms with Crippen molar-refractivity contribution >= 4 is 37.1 Å². The van der Waals surface area contributed by atoms with Crippen molar-refractivity contribution in [2.75, 3.05) is 22.5 Å². The maximum Gasteiger partial charge on any atom is 0.233 e. The van der Waals surface area contributed by atoms with Crippen molar-refractivity contribution in [3.05, 3.63) is 22.7 Å². The lowest BCUT2D eigenvalue weighted by molar-refractivity contribution is 0.473. The van der Waals surface area contributed by atoms with Crippen LogP contribution in [0.15, 0.2) is 12.1 Å². The van der Waals surface area contributed by atoms with Crippen LogP contribution in [0.2, 0.25) is 5.02 Å². The van der Waals surface area contributed by atoms with Gasteiger partial charge in [0, 0.05) is 11.3 Å². The number of phenols is 1. The van der Waals surface area contributed by atoms with Crippen LogP contribution in [0.1, 0.15) is 5.56 Å². The van der Waals surface area contributed by atoms with Gasteiger partial charge >= 0.3 is 0 Å². The molecule has 1 aromatic carbocycles. The second-order valence-corrected chi connectivity index (χ2v) is 8.71. The average molecular weight is 328 g/mol. The number of sulfonamides is 1. The zero-order valence-corrected chi connectivity index (χ0v) is 12.7. The second kappa shape index (κ2) is 5.56. The van der Waals surface area contributed by atoms with E-state index in [2.05, 4.69) is 4.72 Å². The predicted octanol–water partition coefficient (Wildman–Crippen LogP) is 1.14. The average Bonchev–Trinajstić information content (AvgIpc) is 2.21. The molecule has 9 heteroatoms. The van der Waals surface area contributed by atoms with E-state index >= 15 is 0 Å². The fraction of sp³-hybridized carbons (Fsp3) is 0.400. The quantitative estimate of drug-likeness (QED) is 0.790. The van der Waals surface area contributed by atoms with E-state index in [1.807, 2.05) is 0 Å². The van der Waals surface area contributed by atoms with Gasteiger partial charge in [-0.2, -0.15) is 0 Å². The van der Waals surface area contributed by atoms with Crippen LogP contribution in [0.3, 0.4) is 0 Å². The lowest BCUT2D eigenvalue weighted by Crippen LogP contribution is -2.22. The molecule has 0 fully saturated rings. The molecule has 0 atom stereocenters. The van der Waals surface area contributed by atoms with Crippen LogP contribution in [0.5, 0.6) is 5.75 Å². The van der Waals surface area contributed by atoms with E-state index in [1.165, 1.54) is 12.1 Å². The maximum atomic E-state index is 11.7. The first-order valence-electron chi connectivity index (χ1n) is 5.17. The van der Waals surface area contributed by atoms with Crippen LogP contribution >= 0.6 is 11.6 Å². The third-order valence-electron chi connectivity index (χ3n) is 2.25. The van der Waals surface area contributed by atoms with E-state index in [0.717, 1.165) is 6.26 Å². The Morgan fingerprint density at radius 1 is 1.21 bits per heavy atom. The Balaban J connectivity index is 2.96. The van der Waals surface area contributed by atoms with Gasteiger partial charge in [-0.15, -0.1) is 0 Å². The molecule has 0 aliphatic rings. The van der Waals surface area contributed by atoms with Crippen molar-refractivity contribution in [1.82, 2.24) is 0 Å². The number of halogens is 1. The standard InChI is InChI=1S/C10H14ClNO5S2/c1-7-5-8(11)6-9(10(7)13)12-19(16,17)4-3-18(2,14)15/h5-6,12-13H,3-4H2,1-2H3. The summed E-state index contributed by atoms with van der Waals surface area (Å²) in [5, 5.41) is 9.97. The van der Waals surface area contributed by atoms with E-state index in [0.29, 0.717) is 5.56 Å². The zero-order chi connectivity index (χ0) is 14.8. The van der Waals surface area contributed by atoms with Crippen LogP contribution in [-0.4, -0.2) is 39.7 Å². The molecular formula is C10H14ClNO5S2. The van der Waals surface area contributed by atoms with E-state index in [4.69, 9.17) is 11.6 Å². The molecule has 1 aromatic rings. The van der Waals surface area contributed by atoms with Crippen LogP contribution in [0.4, 0.5) is 5.69 Å². The van der Waals surface area contributed by atoms with E-state index in [1.54, 1.807) is 6.92 Å². The Hall–Kier alpha value is -0.990. The minimum atomic E-state index is -3.87. The molecule has 0 aliphatic heterocycles. The van der Waals surface area contributed by atoms with Gasteiger partial charge in [-0.1, -0.05) is 11.6 Å². The lowest BCUT2D eigenvalue weighted by atomic mass is 10.2. The van der Waals surface area contributed by atoms with Crippen LogP contribution in [-0.2, 0) is 19.9 Å². The largest absolute Gasteiger partial charge is 0.505 e. The Bertz CT molecular complexity index is 682. The number of nitrogens with one attached hydrogen (secondary N) is 1.